The molecular weight excluding hydrogens is 297 g/mol. The fraction of sp³-hybridized carbons (Fsp3) is 0.500. The molecule has 0 N–H and O–H groups in total. The zero-order valence-corrected chi connectivity index (χ0v) is 11.8. The van der Waals surface area contributed by atoms with Crippen molar-refractivity contribution in [2.45, 2.75) is 26.6 Å². The van der Waals surface area contributed by atoms with Crippen LogP contribution in [0.3, 0.4) is 0 Å². The maximum Gasteiger partial charge on any atom is 0.411 e. The molecule has 0 amide bonds. The zero-order valence-electron chi connectivity index (χ0n) is 11.1. The van der Waals surface area contributed by atoms with Crippen molar-refractivity contribution in [1.29, 1.82) is 0 Å². The van der Waals surface area contributed by atoms with Gasteiger partial charge in [-0.2, -0.15) is 13.2 Å². The summed E-state index contributed by atoms with van der Waals surface area (Å²) in [7, 11) is 0. The van der Waals surface area contributed by atoms with Crippen molar-refractivity contribution < 1.29 is 22.6 Å². The summed E-state index contributed by atoms with van der Waals surface area (Å²) in [5, 5.41) is -0.0999. The lowest BCUT2D eigenvalue weighted by Crippen LogP contribution is -2.17. The minimum atomic E-state index is -4.39. The first-order chi connectivity index (χ1) is 9.24. The lowest BCUT2D eigenvalue weighted by Gasteiger charge is -2.13. The van der Waals surface area contributed by atoms with Crippen molar-refractivity contribution in [2.75, 3.05) is 13.2 Å². The predicted octanol–water partition coefficient (Wildman–Crippen LogP) is 3.52. The van der Waals surface area contributed by atoms with E-state index in [1.807, 2.05) is 0 Å². The molecule has 0 aliphatic heterocycles. The molecule has 8 heteroatoms. The molecule has 0 aromatic carbocycles. The van der Waals surface area contributed by atoms with Crippen molar-refractivity contribution in [2.24, 2.45) is 0 Å². The predicted molar refractivity (Wildman–Crippen MR) is 68.2 cm³/mol. The number of rotatable bonds is 6. The Balaban J connectivity index is 2.89. The first-order valence-electron chi connectivity index (χ1n) is 5.74. The highest BCUT2D eigenvalue weighted by atomic mass is 35.5. The van der Waals surface area contributed by atoms with Crippen molar-refractivity contribution in [1.82, 2.24) is 9.97 Å². The molecule has 0 bridgehead atoms. The molecule has 112 valence electrons. The van der Waals surface area contributed by atoms with E-state index in [2.05, 4.69) is 21.3 Å². The van der Waals surface area contributed by atoms with Gasteiger partial charge in [-0.3, -0.25) is 0 Å². The van der Waals surface area contributed by atoms with Crippen LogP contribution in [0.1, 0.15) is 23.9 Å². The third-order valence-electron chi connectivity index (χ3n) is 2.31. The number of hydrogen-bond acceptors (Lipinski definition) is 4. The second-order valence-electron chi connectivity index (χ2n) is 3.88. The van der Waals surface area contributed by atoms with E-state index in [-0.39, 0.29) is 23.3 Å². The smallest absolute Gasteiger partial charge is 0.411 e. The van der Waals surface area contributed by atoms with E-state index in [9.17, 15) is 13.2 Å². The molecule has 0 saturated heterocycles. The van der Waals surface area contributed by atoms with E-state index < -0.39 is 12.8 Å². The highest BCUT2D eigenvalue weighted by Gasteiger charge is 2.27. The highest BCUT2D eigenvalue weighted by molar-refractivity contribution is 6.28. The monoisotopic (exact) mass is 310 g/mol. The van der Waals surface area contributed by atoms with Crippen LogP contribution >= 0.6 is 11.6 Å². The first-order valence-corrected chi connectivity index (χ1v) is 6.12. The summed E-state index contributed by atoms with van der Waals surface area (Å²) in [4.78, 5) is 7.82. The molecule has 4 nitrogen and oxygen atoms in total. The van der Waals surface area contributed by atoms with Gasteiger partial charge in [-0.1, -0.05) is 6.58 Å². The topological polar surface area (TPSA) is 44.2 Å². The van der Waals surface area contributed by atoms with Crippen LogP contribution in [-0.4, -0.2) is 29.4 Å². The lowest BCUT2D eigenvalue weighted by atomic mass is 10.1. The van der Waals surface area contributed by atoms with Gasteiger partial charge < -0.3 is 9.47 Å². The van der Waals surface area contributed by atoms with Gasteiger partial charge in [0.15, 0.2) is 0 Å². The first kappa shape index (κ1) is 16.7. The van der Waals surface area contributed by atoms with E-state index in [0.29, 0.717) is 17.9 Å². The number of aromatic nitrogens is 2. The molecule has 0 aliphatic carbocycles. The Morgan fingerprint density at radius 3 is 2.55 bits per heavy atom. The Labute approximate surface area is 119 Å². The van der Waals surface area contributed by atoms with E-state index in [4.69, 9.17) is 16.3 Å². The van der Waals surface area contributed by atoms with E-state index in [1.165, 1.54) is 0 Å². The normalized spacial score (nSPS) is 11.5. The van der Waals surface area contributed by atoms with Crippen molar-refractivity contribution in [3.8, 4) is 0 Å². The average Bonchev–Trinajstić information content (AvgIpc) is 2.31. The molecule has 1 aromatic rings. The molecule has 0 atom stereocenters. The molecular formula is C12H14ClF3N2O2. The third kappa shape index (κ3) is 4.97. The second-order valence-corrected chi connectivity index (χ2v) is 4.22. The Bertz CT molecular complexity index is 492. The molecule has 1 heterocycles. The molecule has 0 spiro atoms. The minimum absolute atomic E-state index is 0.0999. The lowest BCUT2D eigenvalue weighted by molar-refractivity contribution is -0.176. The van der Waals surface area contributed by atoms with Gasteiger partial charge in [0, 0.05) is 5.56 Å². The summed E-state index contributed by atoms with van der Waals surface area (Å²) in [5.74, 6) is 0.284. The van der Waals surface area contributed by atoms with Gasteiger partial charge in [-0.25, -0.2) is 9.97 Å². The Morgan fingerprint density at radius 1 is 1.35 bits per heavy atom. The number of hydrogen-bond donors (Lipinski definition) is 0. The summed E-state index contributed by atoms with van der Waals surface area (Å²) in [6, 6.07) is 0. The van der Waals surface area contributed by atoms with Crippen LogP contribution in [0, 0.1) is 6.92 Å². The summed E-state index contributed by atoms with van der Waals surface area (Å²) < 4.78 is 45.9. The van der Waals surface area contributed by atoms with Crippen molar-refractivity contribution >= 4 is 17.4 Å². The van der Waals surface area contributed by atoms with Crippen LogP contribution in [0.25, 0.3) is 5.76 Å². The largest absolute Gasteiger partial charge is 0.492 e. The fourth-order valence-corrected chi connectivity index (χ4v) is 1.64. The van der Waals surface area contributed by atoms with Crippen LogP contribution < -0.4 is 0 Å². The quantitative estimate of drug-likeness (QED) is 0.595. The van der Waals surface area contributed by atoms with Crippen LogP contribution in [0.5, 0.6) is 0 Å². The maximum absolute atomic E-state index is 12.0. The van der Waals surface area contributed by atoms with Gasteiger partial charge >= 0.3 is 6.18 Å². The number of halogens is 4. The van der Waals surface area contributed by atoms with E-state index in [1.54, 1.807) is 13.8 Å². The maximum atomic E-state index is 12.0. The number of nitrogens with zero attached hydrogens (tertiary/aromatic N) is 2. The minimum Gasteiger partial charge on any atom is -0.492 e. The van der Waals surface area contributed by atoms with Gasteiger partial charge in [-0.15, -0.1) is 0 Å². The highest BCUT2D eigenvalue weighted by Crippen LogP contribution is 2.22. The molecule has 0 saturated carbocycles. The molecule has 0 fully saturated rings. The molecule has 0 unspecified atom stereocenters. The average molecular weight is 311 g/mol. The molecule has 1 aromatic heterocycles. The molecule has 0 radical (unpaired) electrons. The molecule has 20 heavy (non-hydrogen) atoms. The Hall–Kier alpha value is -1.34. The van der Waals surface area contributed by atoms with Crippen LogP contribution in [0.4, 0.5) is 13.2 Å². The van der Waals surface area contributed by atoms with Crippen LogP contribution in [0.15, 0.2) is 6.58 Å². The fourth-order valence-electron chi connectivity index (χ4n) is 1.45. The van der Waals surface area contributed by atoms with Gasteiger partial charge in [0.25, 0.3) is 0 Å². The van der Waals surface area contributed by atoms with Gasteiger partial charge in [0.1, 0.15) is 18.1 Å². The van der Waals surface area contributed by atoms with Gasteiger partial charge in [0.2, 0.25) is 5.28 Å². The van der Waals surface area contributed by atoms with Crippen molar-refractivity contribution in [3.63, 3.8) is 0 Å². The van der Waals surface area contributed by atoms with Crippen LogP contribution in [0.2, 0.25) is 5.28 Å². The Morgan fingerprint density at radius 2 is 2.00 bits per heavy atom. The SMILES string of the molecule is C=C(OCC)c1nc(Cl)nc(COCC(F)(F)F)c1C. The van der Waals surface area contributed by atoms with Gasteiger partial charge in [0.05, 0.1) is 18.9 Å². The van der Waals surface area contributed by atoms with E-state index >= 15 is 0 Å². The molecule has 1 rings (SSSR count). The number of ether oxygens (including phenoxy) is 2. The number of alkyl halides is 3. The third-order valence-corrected chi connectivity index (χ3v) is 2.48. The van der Waals surface area contributed by atoms with Crippen molar-refractivity contribution in [3.05, 3.63) is 28.8 Å². The van der Waals surface area contributed by atoms with Crippen LogP contribution in [-0.2, 0) is 16.1 Å². The summed E-state index contributed by atoms with van der Waals surface area (Å²) >= 11 is 5.74. The standard InChI is InChI=1S/C12H14ClF3N2O2/c1-4-20-8(3)10-7(2)9(17-11(13)18-10)5-19-6-12(14,15)16/h3-6H2,1-2H3. The van der Waals surface area contributed by atoms with E-state index in [0.717, 1.165) is 0 Å². The van der Waals surface area contributed by atoms with Gasteiger partial charge in [-0.05, 0) is 25.4 Å². The Kier molecular flexibility index (Phi) is 5.76. The molecule has 0 aliphatic rings. The zero-order chi connectivity index (χ0) is 15.3. The summed E-state index contributed by atoms with van der Waals surface area (Å²) in [5.41, 5.74) is 1.15. The summed E-state index contributed by atoms with van der Waals surface area (Å²) in [6.07, 6.45) is -4.39. The second kappa shape index (κ2) is 6.90. The summed E-state index contributed by atoms with van der Waals surface area (Å²) in [6.45, 7) is 5.82.